The number of ether oxygens (including phenoxy) is 2. The Morgan fingerprint density at radius 3 is 2.75 bits per heavy atom. The molecule has 0 bridgehead atoms. The largest absolute Gasteiger partial charge is 0.366 e. The molecular formula is C20H34O4. The Balaban J connectivity index is 1.54. The summed E-state index contributed by atoms with van der Waals surface area (Å²) in [5, 5.41) is 10.0. The third-order valence-corrected chi connectivity index (χ3v) is 7.23. The topological polar surface area (TPSA) is 55.8 Å². The van der Waals surface area contributed by atoms with E-state index >= 15 is 0 Å². The molecule has 3 fully saturated rings. The number of hydrogen-bond donors (Lipinski definition) is 1. The first-order chi connectivity index (χ1) is 11.3. The normalized spacial score (nSPS) is 47.0. The average Bonchev–Trinajstić information content (AvgIpc) is 2.96. The van der Waals surface area contributed by atoms with Crippen molar-refractivity contribution in [3.63, 3.8) is 0 Å². The zero-order chi connectivity index (χ0) is 17.5. The highest BCUT2D eigenvalue weighted by molar-refractivity contribution is 5.83. The van der Waals surface area contributed by atoms with Crippen LogP contribution in [0.3, 0.4) is 0 Å². The maximum atomic E-state index is 12.3. The van der Waals surface area contributed by atoms with Crippen molar-refractivity contribution in [2.75, 3.05) is 0 Å². The van der Waals surface area contributed by atoms with Crippen molar-refractivity contribution in [2.24, 2.45) is 23.2 Å². The van der Waals surface area contributed by atoms with Crippen molar-refractivity contribution in [3.05, 3.63) is 0 Å². The number of Topliss-reactive ketones (excluding diaryl/α,β-unsaturated/α-hetero) is 1. The van der Waals surface area contributed by atoms with Crippen LogP contribution in [0.15, 0.2) is 0 Å². The number of hydrogen-bond acceptors (Lipinski definition) is 4. The number of aliphatic hydroxyl groups is 1. The van der Waals surface area contributed by atoms with Crippen LogP contribution >= 0.6 is 0 Å². The van der Waals surface area contributed by atoms with Crippen LogP contribution in [-0.2, 0) is 14.3 Å². The fraction of sp³-hybridized carbons (Fsp3) is 0.950. The Morgan fingerprint density at radius 1 is 1.33 bits per heavy atom. The van der Waals surface area contributed by atoms with Crippen LogP contribution in [0.4, 0.5) is 0 Å². The van der Waals surface area contributed by atoms with Crippen molar-refractivity contribution >= 4 is 5.78 Å². The van der Waals surface area contributed by atoms with Gasteiger partial charge >= 0.3 is 0 Å². The predicted molar refractivity (Wildman–Crippen MR) is 92.2 cm³/mol. The SMILES string of the molecule is C[C@@H]1OC(O)[C@@](C)(CCC[C@@H](C)C2CC[C@H]3C(=O)CCCC23C)O1. The average molecular weight is 338 g/mol. The molecule has 3 rings (SSSR count). The van der Waals surface area contributed by atoms with Crippen molar-refractivity contribution in [3.8, 4) is 0 Å². The van der Waals surface area contributed by atoms with Crippen molar-refractivity contribution in [1.29, 1.82) is 0 Å². The summed E-state index contributed by atoms with van der Waals surface area (Å²) in [5.41, 5.74) is -0.359. The van der Waals surface area contributed by atoms with Gasteiger partial charge in [-0.05, 0) is 63.2 Å². The van der Waals surface area contributed by atoms with Crippen molar-refractivity contribution in [2.45, 2.75) is 97.2 Å². The molecule has 0 spiro atoms. The number of carbonyl (C=O) groups is 1. The van der Waals surface area contributed by atoms with Gasteiger partial charge in [0.25, 0.3) is 0 Å². The molecule has 1 saturated heterocycles. The summed E-state index contributed by atoms with van der Waals surface area (Å²) in [6, 6.07) is 0. The molecule has 0 amide bonds. The van der Waals surface area contributed by atoms with Gasteiger partial charge in [-0.3, -0.25) is 4.79 Å². The lowest BCUT2D eigenvalue weighted by molar-refractivity contribution is -0.130. The van der Waals surface area contributed by atoms with E-state index in [0.717, 1.165) is 38.5 Å². The second-order valence-corrected chi connectivity index (χ2v) is 8.92. The van der Waals surface area contributed by atoms with E-state index < -0.39 is 11.9 Å². The molecule has 4 nitrogen and oxygen atoms in total. The van der Waals surface area contributed by atoms with Gasteiger partial charge in [-0.15, -0.1) is 0 Å². The van der Waals surface area contributed by atoms with Crippen molar-refractivity contribution in [1.82, 2.24) is 0 Å². The summed E-state index contributed by atoms with van der Waals surface area (Å²) in [5.74, 6) is 2.10. The molecule has 2 saturated carbocycles. The van der Waals surface area contributed by atoms with E-state index in [4.69, 9.17) is 9.47 Å². The zero-order valence-corrected chi connectivity index (χ0v) is 15.7. The molecule has 1 N–H and O–H groups in total. The molecule has 0 aromatic carbocycles. The second kappa shape index (κ2) is 6.69. The van der Waals surface area contributed by atoms with Gasteiger partial charge in [-0.2, -0.15) is 0 Å². The molecule has 7 atom stereocenters. The Morgan fingerprint density at radius 2 is 2.08 bits per heavy atom. The molecule has 138 valence electrons. The van der Waals surface area contributed by atoms with E-state index in [2.05, 4.69) is 13.8 Å². The van der Waals surface area contributed by atoms with E-state index in [1.807, 2.05) is 13.8 Å². The van der Waals surface area contributed by atoms with E-state index in [9.17, 15) is 9.90 Å². The van der Waals surface area contributed by atoms with E-state index in [0.29, 0.717) is 23.5 Å². The number of rotatable bonds is 5. The highest BCUT2D eigenvalue weighted by Crippen LogP contribution is 2.57. The fourth-order valence-electron chi connectivity index (χ4n) is 5.85. The summed E-state index contributed by atoms with van der Waals surface area (Å²) < 4.78 is 11.1. The molecule has 4 heteroatoms. The number of fused-ring (bicyclic) bond motifs is 1. The van der Waals surface area contributed by atoms with Gasteiger partial charge in [0, 0.05) is 12.3 Å². The van der Waals surface area contributed by atoms with Gasteiger partial charge < -0.3 is 14.6 Å². The first-order valence-electron chi connectivity index (χ1n) is 9.80. The Kier molecular flexibility index (Phi) is 5.12. The monoisotopic (exact) mass is 338 g/mol. The third-order valence-electron chi connectivity index (χ3n) is 7.23. The summed E-state index contributed by atoms with van der Waals surface area (Å²) >= 11 is 0. The van der Waals surface area contributed by atoms with Gasteiger partial charge in [-0.25, -0.2) is 0 Å². The quantitative estimate of drug-likeness (QED) is 0.822. The molecule has 3 aliphatic rings. The summed E-state index contributed by atoms with van der Waals surface area (Å²) in [6.45, 7) is 8.49. The number of carbonyl (C=O) groups excluding carboxylic acids is 1. The van der Waals surface area contributed by atoms with Crippen LogP contribution < -0.4 is 0 Å². The standard InChI is InChI=1S/C20H34O4/c1-13(7-5-12-20(4)18(22)23-14(2)24-20)15-9-10-16-17(21)8-6-11-19(15,16)3/h13-16,18,22H,5-12H2,1-4H3/t13-,14-,15?,16+,18?,19?,20-/m1/s1. The van der Waals surface area contributed by atoms with Crippen LogP contribution in [-0.4, -0.2) is 29.1 Å². The van der Waals surface area contributed by atoms with Gasteiger partial charge in [0.05, 0.1) is 0 Å². The first kappa shape index (κ1) is 18.3. The van der Waals surface area contributed by atoms with E-state index in [1.165, 1.54) is 12.8 Å². The van der Waals surface area contributed by atoms with Gasteiger partial charge in [-0.1, -0.05) is 26.7 Å². The Bertz CT molecular complexity index is 478. The van der Waals surface area contributed by atoms with Crippen LogP contribution in [0.1, 0.15) is 79.1 Å². The molecule has 0 aromatic heterocycles. The molecule has 1 aliphatic heterocycles. The fourth-order valence-corrected chi connectivity index (χ4v) is 5.85. The maximum absolute atomic E-state index is 12.3. The smallest absolute Gasteiger partial charge is 0.186 e. The van der Waals surface area contributed by atoms with E-state index in [1.54, 1.807) is 0 Å². The first-order valence-corrected chi connectivity index (χ1v) is 9.80. The molecule has 0 aromatic rings. The van der Waals surface area contributed by atoms with Gasteiger partial charge in [0.1, 0.15) is 11.4 Å². The molecule has 0 radical (unpaired) electrons. The lowest BCUT2D eigenvalue weighted by atomic mass is 9.62. The van der Waals surface area contributed by atoms with Crippen molar-refractivity contribution < 1.29 is 19.4 Å². The minimum atomic E-state index is -0.827. The molecule has 1 heterocycles. The molecule has 2 aliphatic carbocycles. The summed E-state index contributed by atoms with van der Waals surface area (Å²) in [4.78, 5) is 12.3. The Hall–Kier alpha value is -0.450. The van der Waals surface area contributed by atoms with E-state index in [-0.39, 0.29) is 11.7 Å². The van der Waals surface area contributed by atoms with Crippen LogP contribution in [0, 0.1) is 23.2 Å². The second-order valence-electron chi connectivity index (χ2n) is 8.92. The Labute approximate surface area is 146 Å². The lowest BCUT2D eigenvalue weighted by Crippen LogP contribution is -2.39. The van der Waals surface area contributed by atoms with Crippen LogP contribution in [0.25, 0.3) is 0 Å². The zero-order valence-electron chi connectivity index (χ0n) is 15.7. The highest BCUT2D eigenvalue weighted by atomic mass is 16.8. The van der Waals surface area contributed by atoms with Gasteiger partial charge in [0.15, 0.2) is 12.6 Å². The third kappa shape index (κ3) is 3.17. The molecule has 3 unspecified atom stereocenters. The predicted octanol–water partition coefficient (Wildman–Crippen LogP) is 4.05. The minimum Gasteiger partial charge on any atom is -0.366 e. The lowest BCUT2D eigenvalue weighted by Gasteiger charge is -2.42. The minimum absolute atomic E-state index is 0.222. The van der Waals surface area contributed by atoms with Crippen LogP contribution in [0.2, 0.25) is 0 Å². The highest BCUT2D eigenvalue weighted by Gasteiger charge is 2.52. The molecular weight excluding hydrogens is 304 g/mol. The van der Waals surface area contributed by atoms with Crippen LogP contribution in [0.5, 0.6) is 0 Å². The maximum Gasteiger partial charge on any atom is 0.186 e. The number of aliphatic hydroxyl groups excluding tert-OH is 1. The number of ketones is 1. The summed E-state index contributed by atoms with van der Waals surface area (Å²) in [6.07, 6.45) is 7.18. The van der Waals surface area contributed by atoms with Gasteiger partial charge in [0.2, 0.25) is 0 Å². The molecule has 24 heavy (non-hydrogen) atoms. The summed E-state index contributed by atoms with van der Waals surface area (Å²) in [7, 11) is 0.